The van der Waals surface area contributed by atoms with Gasteiger partial charge in [-0.2, -0.15) is 0 Å². The largest absolute Gasteiger partial charge is 0.226 e. The summed E-state index contributed by atoms with van der Waals surface area (Å²) in [5, 5.41) is 0.262. The van der Waals surface area contributed by atoms with Crippen LogP contribution >= 0.6 is 11.6 Å². The SMILES string of the molecule is CC(C)[Si](C#Cc1ccnc(Cl)n1)(C(C)C)C(C)C. The summed E-state index contributed by atoms with van der Waals surface area (Å²) >= 11 is 5.80. The lowest BCUT2D eigenvalue weighted by atomic mass is 10.4. The van der Waals surface area contributed by atoms with Crippen molar-refractivity contribution in [3.05, 3.63) is 23.2 Å². The van der Waals surface area contributed by atoms with Gasteiger partial charge in [-0.1, -0.05) is 47.5 Å². The molecule has 0 amide bonds. The van der Waals surface area contributed by atoms with Gasteiger partial charge in [-0.05, 0) is 34.3 Å². The van der Waals surface area contributed by atoms with E-state index in [9.17, 15) is 0 Å². The number of aromatic nitrogens is 2. The summed E-state index contributed by atoms with van der Waals surface area (Å²) in [6, 6.07) is 1.82. The molecule has 0 saturated carbocycles. The fraction of sp³-hybridized carbons (Fsp3) is 0.600. The van der Waals surface area contributed by atoms with Crippen LogP contribution in [-0.2, 0) is 0 Å². The first-order valence-electron chi connectivity index (χ1n) is 6.82. The van der Waals surface area contributed by atoms with Crippen molar-refractivity contribution >= 4 is 19.7 Å². The third-order valence-electron chi connectivity index (χ3n) is 3.90. The van der Waals surface area contributed by atoms with E-state index in [4.69, 9.17) is 11.6 Å². The average Bonchev–Trinajstić information content (AvgIpc) is 2.28. The summed E-state index contributed by atoms with van der Waals surface area (Å²) in [7, 11) is -1.69. The second-order valence-corrected chi connectivity index (χ2v) is 11.8. The van der Waals surface area contributed by atoms with Gasteiger partial charge >= 0.3 is 0 Å². The van der Waals surface area contributed by atoms with Gasteiger partial charge < -0.3 is 0 Å². The zero-order valence-electron chi connectivity index (χ0n) is 12.7. The number of hydrogen-bond acceptors (Lipinski definition) is 2. The molecule has 0 N–H and O–H groups in total. The van der Waals surface area contributed by atoms with Crippen LogP contribution in [0.15, 0.2) is 12.3 Å². The topological polar surface area (TPSA) is 25.8 Å². The molecule has 4 heteroatoms. The van der Waals surface area contributed by atoms with Gasteiger partial charge in [0.2, 0.25) is 5.28 Å². The van der Waals surface area contributed by atoms with Gasteiger partial charge in [0.05, 0.1) is 0 Å². The maximum absolute atomic E-state index is 5.80. The van der Waals surface area contributed by atoms with E-state index in [1.165, 1.54) is 0 Å². The Hall–Kier alpha value is -0.853. The molecule has 1 aromatic heterocycles. The van der Waals surface area contributed by atoms with Crippen LogP contribution in [0.5, 0.6) is 0 Å². The normalized spacial score (nSPS) is 11.9. The molecule has 0 atom stereocenters. The van der Waals surface area contributed by atoms with Crippen molar-refractivity contribution in [1.82, 2.24) is 9.97 Å². The second kappa shape index (κ2) is 6.54. The van der Waals surface area contributed by atoms with E-state index in [-0.39, 0.29) is 5.28 Å². The van der Waals surface area contributed by atoms with Crippen LogP contribution in [0.2, 0.25) is 21.9 Å². The van der Waals surface area contributed by atoms with E-state index in [1.807, 2.05) is 6.07 Å². The van der Waals surface area contributed by atoms with Gasteiger partial charge in [-0.25, -0.2) is 9.97 Å². The molecule has 1 aromatic rings. The van der Waals surface area contributed by atoms with Crippen molar-refractivity contribution in [1.29, 1.82) is 0 Å². The zero-order chi connectivity index (χ0) is 14.6. The molecular weight excluding hydrogens is 272 g/mol. The molecule has 0 aliphatic rings. The average molecular weight is 295 g/mol. The molecule has 0 spiro atoms. The molecule has 0 aliphatic carbocycles. The highest BCUT2D eigenvalue weighted by atomic mass is 35.5. The van der Waals surface area contributed by atoms with Crippen LogP contribution in [0.3, 0.4) is 0 Å². The zero-order valence-corrected chi connectivity index (χ0v) is 14.4. The van der Waals surface area contributed by atoms with Gasteiger partial charge in [0.25, 0.3) is 0 Å². The molecule has 0 fully saturated rings. The van der Waals surface area contributed by atoms with E-state index >= 15 is 0 Å². The lowest BCUT2D eigenvalue weighted by Crippen LogP contribution is -2.43. The molecule has 0 radical (unpaired) electrons. The summed E-state index contributed by atoms with van der Waals surface area (Å²) in [6.45, 7) is 13.8. The van der Waals surface area contributed by atoms with Crippen LogP contribution in [0, 0.1) is 11.5 Å². The highest BCUT2D eigenvalue weighted by Gasteiger charge is 2.41. The molecule has 1 heterocycles. The van der Waals surface area contributed by atoms with Gasteiger partial charge in [0, 0.05) is 6.20 Å². The monoisotopic (exact) mass is 294 g/mol. The lowest BCUT2D eigenvalue weighted by molar-refractivity contribution is 0.838. The van der Waals surface area contributed by atoms with Gasteiger partial charge in [-0.15, -0.1) is 5.54 Å². The van der Waals surface area contributed by atoms with Gasteiger partial charge in [0.15, 0.2) is 0 Å². The van der Waals surface area contributed by atoms with Crippen molar-refractivity contribution in [2.24, 2.45) is 0 Å². The van der Waals surface area contributed by atoms with Gasteiger partial charge in [0.1, 0.15) is 13.8 Å². The molecule has 0 saturated heterocycles. The Kier molecular flexibility index (Phi) is 5.58. The Morgan fingerprint density at radius 2 is 1.58 bits per heavy atom. The van der Waals surface area contributed by atoms with E-state index in [0.29, 0.717) is 16.6 Å². The molecule has 2 nitrogen and oxygen atoms in total. The van der Waals surface area contributed by atoms with E-state index in [1.54, 1.807) is 6.20 Å². The minimum atomic E-state index is -1.69. The van der Waals surface area contributed by atoms with Crippen molar-refractivity contribution in [3.63, 3.8) is 0 Å². The minimum absolute atomic E-state index is 0.262. The summed E-state index contributed by atoms with van der Waals surface area (Å²) in [5.41, 5.74) is 6.20. The van der Waals surface area contributed by atoms with E-state index < -0.39 is 8.07 Å². The molecular formula is C15H23ClN2Si. The predicted molar refractivity (Wildman–Crippen MR) is 85.0 cm³/mol. The number of rotatable bonds is 3. The molecule has 0 aliphatic heterocycles. The Morgan fingerprint density at radius 3 is 2.00 bits per heavy atom. The summed E-state index contributed by atoms with van der Waals surface area (Å²) in [5.74, 6) is 3.25. The number of nitrogens with zero attached hydrogens (tertiary/aromatic N) is 2. The first-order chi connectivity index (χ1) is 8.80. The first kappa shape index (κ1) is 16.2. The molecule has 104 valence electrons. The maximum Gasteiger partial charge on any atom is 0.223 e. The Morgan fingerprint density at radius 1 is 1.05 bits per heavy atom. The van der Waals surface area contributed by atoms with Gasteiger partial charge in [-0.3, -0.25) is 0 Å². The van der Waals surface area contributed by atoms with E-state index in [2.05, 4.69) is 63.0 Å². The predicted octanol–water partition coefficient (Wildman–Crippen LogP) is 4.70. The van der Waals surface area contributed by atoms with E-state index in [0.717, 1.165) is 5.69 Å². The Labute approximate surface area is 123 Å². The highest BCUT2D eigenvalue weighted by Crippen LogP contribution is 2.40. The number of halogens is 1. The van der Waals surface area contributed by atoms with Crippen LogP contribution < -0.4 is 0 Å². The Balaban J connectivity index is 3.23. The standard InChI is InChI=1S/C15H23ClN2Si/c1-11(2)19(12(3)4,13(5)6)10-8-14-7-9-17-15(16)18-14/h7,9,11-13H,1-6H3. The maximum atomic E-state index is 5.80. The van der Waals surface area contributed by atoms with Crippen molar-refractivity contribution in [2.75, 3.05) is 0 Å². The van der Waals surface area contributed by atoms with Crippen LogP contribution in [-0.4, -0.2) is 18.0 Å². The highest BCUT2D eigenvalue weighted by molar-refractivity contribution is 6.90. The van der Waals surface area contributed by atoms with Crippen LogP contribution in [0.4, 0.5) is 0 Å². The van der Waals surface area contributed by atoms with Crippen LogP contribution in [0.1, 0.15) is 47.2 Å². The lowest BCUT2D eigenvalue weighted by Gasteiger charge is -2.38. The molecule has 0 bridgehead atoms. The first-order valence-corrected chi connectivity index (χ1v) is 9.43. The smallest absolute Gasteiger partial charge is 0.223 e. The number of hydrogen-bond donors (Lipinski definition) is 0. The van der Waals surface area contributed by atoms with Crippen molar-refractivity contribution in [3.8, 4) is 11.5 Å². The van der Waals surface area contributed by atoms with Crippen molar-refractivity contribution < 1.29 is 0 Å². The quantitative estimate of drug-likeness (QED) is 0.459. The third kappa shape index (κ3) is 3.58. The fourth-order valence-corrected chi connectivity index (χ4v) is 8.37. The van der Waals surface area contributed by atoms with Crippen molar-refractivity contribution in [2.45, 2.75) is 58.2 Å². The molecule has 0 unspecified atom stereocenters. The summed E-state index contributed by atoms with van der Waals surface area (Å²) in [4.78, 5) is 8.04. The Bertz CT molecular complexity index is 465. The summed E-state index contributed by atoms with van der Waals surface area (Å²) < 4.78 is 0. The minimum Gasteiger partial charge on any atom is -0.226 e. The third-order valence-corrected chi connectivity index (χ3v) is 10.4. The molecule has 0 aromatic carbocycles. The molecule has 19 heavy (non-hydrogen) atoms. The molecule has 1 rings (SSSR count). The summed E-state index contributed by atoms with van der Waals surface area (Å²) in [6.07, 6.45) is 1.66. The van der Waals surface area contributed by atoms with Crippen LogP contribution in [0.25, 0.3) is 0 Å². The fourth-order valence-electron chi connectivity index (χ4n) is 3.01. The second-order valence-electron chi connectivity index (χ2n) is 5.86.